The summed E-state index contributed by atoms with van der Waals surface area (Å²) in [4.78, 5) is 4.39. The van der Waals surface area contributed by atoms with E-state index in [1.807, 2.05) is 23.2 Å². The fourth-order valence-corrected chi connectivity index (χ4v) is 2.34. The number of nitrogens with zero attached hydrogens (tertiary/aromatic N) is 4. The van der Waals surface area contributed by atoms with Gasteiger partial charge in [-0.3, -0.25) is 0 Å². The lowest BCUT2D eigenvalue weighted by Gasteiger charge is -1.99. The summed E-state index contributed by atoms with van der Waals surface area (Å²) in [6.45, 7) is 3.04. The molecule has 86 valence electrons. The topological polar surface area (TPSA) is 35.1 Å². The lowest BCUT2D eigenvalue weighted by atomic mass is 10.2. The van der Waals surface area contributed by atoms with Crippen molar-refractivity contribution in [3.8, 4) is 11.3 Å². The third kappa shape index (κ3) is 1.84. The van der Waals surface area contributed by atoms with Crippen molar-refractivity contribution in [1.29, 1.82) is 0 Å². The first-order valence-corrected chi connectivity index (χ1v) is 6.51. The predicted molar refractivity (Wildman–Crippen MR) is 74.8 cm³/mol. The molecule has 0 aliphatic rings. The van der Waals surface area contributed by atoms with Crippen molar-refractivity contribution < 1.29 is 0 Å². The molecule has 0 saturated heterocycles. The predicted octanol–water partition coefficient (Wildman–Crippen LogP) is 2.82. The summed E-state index contributed by atoms with van der Waals surface area (Å²) in [5.74, 6) is 0. The van der Waals surface area contributed by atoms with Crippen LogP contribution in [-0.4, -0.2) is 19.2 Å². The molecular weight excluding hydrogens is 327 g/mol. The van der Waals surface area contributed by atoms with E-state index in [4.69, 9.17) is 0 Å². The van der Waals surface area contributed by atoms with Crippen molar-refractivity contribution >= 4 is 28.1 Å². The number of rotatable bonds is 2. The molecule has 0 unspecified atom stereocenters. The quantitative estimate of drug-likeness (QED) is 0.674. The average molecular weight is 338 g/mol. The number of pyridine rings is 1. The minimum atomic E-state index is 0.939. The van der Waals surface area contributed by atoms with Gasteiger partial charge in [-0.15, -0.1) is 0 Å². The molecule has 0 aliphatic carbocycles. The number of hydrogen-bond acceptors (Lipinski definition) is 2. The van der Waals surface area contributed by atoms with Crippen molar-refractivity contribution in [2.24, 2.45) is 0 Å². The van der Waals surface area contributed by atoms with E-state index in [0.29, 0.717) is 0 Å². The lowest BCUT2D eigenvalue weighted by Crippen LogP contribution is -1.89. The van der Waals surface area contributed by atoms with E-state index in [1.165, 1.54) is 0 Å². The van der Waals surface area contributed by atoms with Crippen molar-refractivity contribution in [2.45, 2.75) is 13.5 Å². The SMILES string of the molecule is CCn1cnc(-c2ccc3c(I)cnn3c2)c1. The van der Waals surface area contributed by atoms with E-state index in [9.17, 15) is 0 Å². The molecule has 4 nitrogen and oxygen atoms in total. The standard InChI is InChI=1S/C12H11IN4/c1-2-16-7-11(14-8-16)9-3-4-12-10(13)5-15-17(12)6-9/h3-8H,2H2,1H3. The first-order valence-electron chi connectivity index (χ1n) is 5.43. The van der Waals surface area contributed by atoms with Gasteiger partial charge in [0.15, 0.2) is 0 Å². The van der Waals surface area contributed by atoms with Crippen molar-refractivity contribution in [3.63, 3.8) is 0 Å². The van der Waals surface area contributed by atoms with E-state index >= 15 is 0 Å². The number of imidazole rings is 1. The largest absolute Gasteiger partial charge is 0.337 e. The van der Waals surface area contributed by atoms with Crippen LogP contribution in [0.5, 0.6) is 0 Å². The number of fused-ring (bicyclic) bond motifs is 1. The molecule has 0 N–H and O–H groups in total. The normalized spacial score (nSPS) is 11.2. The van der Waals surface area contributed by atoms with E-state index in [-0.39, 0.29) is 0 Å². The minimum absolute atomic E-state index is 0.939. The molecule has 0 radical (unpaired) electrons. The van der Waals surface area contributed by atoms with Crippen LogP contribution in [0.3, 0.4) is 0 Å². The highest BCUT2D eigenvalue weighted by molar-refractivity contribution is 14.1. The van der Waals surface area contributed by atoms with E-state index in [1.54, 1.807) is 0 Å². The first-order chi connectivity index (χ1) is 8.28. The number of aromatic nitrogens is 4. The Morgan fingerprint density at radius 2 is 2.18 bits per heavy atom. The van der Waals surface area contributed by atoms with Gasteiger partial charge in [0.25, 0.3) is 0 Å². The van der Waals surface area contributed by atoms with Gasteiger partial charge in [-0.05, 0) is 41.6 Å². The van der Waals surface area contributed by atoms with Crippen LogP contribution in [0.15, 0.2) is 37.1 Å². The Hall–Kier alpha value is -1.37. The maximum absolute atomic E-state index is 4.39. The summed E-state index contributed by atoms with van der Waals surface area (Å²) in [7, 11) is 0. The fourth-order valence-electron chi connectivity index (χ4n) is 1.79. The number of aryl methyl sites for hydroxylation is 1. The van der Waals surface area contributed by atoms with Crippen LogP contribution < -0.4 is 0 Å². The third-order valence-corrected chi connectivity index (χ3v) is 3.59. The maximum Gasteiger partial charge on any atom is 0.0953 e. The first kappa shape index (κ1) is 10.8. The Morgan fingerprint density at radius 3 is 2.94 bits per heavy atom. The Morgan fingerprint density at radius 1 is 1.29 bits per heavy atom. The zero-order valence-corrected chi connectivity index (χ0v) is 11.5. The molecule has 17 heavy (non-hydrogen) atoms. The van der Waals surface area contributed by atoms with Gasteiger partial charge in [-0.1, -0.05) is 0 Å². The van der Waals surface area contributed by atoms with E-state index < -0.39 is 0 Å². The molecule has 0 aromatic carbocycles. The van der Waals surface area contributed by atoms with Gasteiger partial charge in [0, 0.05) is 24.5 Å². The van der Waals surface area contributed by atoms with Crippen LogP contribution in [0.1, 0.15) is 6.92 Å². The lowest BCUT2D eigenvalue weighted by molar-refractivity contribution is 0.762. The monoisotopic (exact) mass is 338 g/mol. The number of hydrogen-bond donors (Lipinski definition) is 0. The Bertz CT molecular complexity index is 668. The third-order valence-electron chi connectivity index (χ3n) is 2.76. The molecule has 3 heterocycles. The van der Waals surface area contributed by atoms with Crippen LogP contribution >= 0.6 is 22.6 Å². The Labute approximate surface area is 112 Å². The average Bonchev–Trinajstić information content (AvgIpc) is 2.96. The van der Waals surface area contributed by atoms with Crippen LogP contribution in [0.2, 0.25) is 0 Å². The molecule has 3 aromatic heterocycles. The molecule has 0 saturated carbocycles. The molecule has 5 heteroatoms. The second-order valence-corrected chi connectivity index (χ2v) is 4.99. The van der Waals surface area contributed by atoms with Gasteiger partial charge in [0.05, 0.1) is 27.3 Å². The second kappa shape index (κ2) is 4.14. The molecule has 0 atom stereocenters. The smallest absolute Gasteiger partial charge is 0.0953 e. The molecule has 3 rings (SSSR count). The van der Waals surface area contributed by atoms with E-state index in [0.717, 1.165) is 26.9 Å². The molecule has 0 amide bonds. The number of halogens is 1. The van der Waals surface area contributed by atoms with Crippen molar-refractivity contribution in [3.05, 3.63) is 40.6 Å². The van der Waals surface area contributed by atoms with Crippen molar-refractivity contribution in [2.75, 3.05) is 0 Å². The van der Waals surface area contributed by atoms with Gasteiger partial charge in [0.2, 0.25) is 0 Å². The van der Waals surface area contributed by atoms with Gasteiger partial charge in [-0.25, -0.2) is 9.50 Å². The van der Waals surface area contributed by atoms with Gasteiger partial charge >= 0.3 is 0 Å². The summed E-state index contributed by atoms with van der Waals surface area (Å²) in [5.41, 5.74) is 3.20. The van der Waals surface area contributed by atoms with Crippen LogP contribution in [0.4, 0.5) is 0 Å². The molecular formula is C12H11IN4. The zero-order valence-electron chi connectivity index (χ0n) is 9.34. The Balaban J connectivity index is 2.11. The summed E-state index contributed by atoms with van der Waals surface area (Å²) >= 11 is 2.29. The summed E-state index contributed by atoms with van der Waals surface area (Å²) < 4.78 is 5.11. The minimum Gasteiger partial charge on any atom is -0.337 e. The summed E-state index contributed by atoms with van der Waals surface area (Å²) in [6.07, 6.45) is 7.78. The Kier molecular flexibility index (Phi) is 2.62. The van der Waals surface area contributed by atoms with Crippen LogP contribution in [0.25, 0.3) is 16.8 Å². The second-order valence-electron chi connectivity index (χ2n) is 3.83. The zero-order chi connectivity index (χ0) is 11.8. The molecule has 3 aromatic rings. The molecule has 0 bridgehead atoms. The van der Waals surface area contributed by atoms with Crippen molar-refractivity contribution in [1.82, 2.24) is 19.2 Å². The van der Waals surface area contributed by atoms with Gasteiger partial charge < -0.3 is 4.57 Å². The highest BCUT2D eigenvalue weighted by Gasteiger charge is 2.05. The van der Waals surface area contributed by atoms with Gasteiger partial charge in [0.1, 0.15) is 0 Å². The molecule has 0 spiro atoms. The highest BCUT2D eigenvalue weighted by atomic mass is 127. The van der Waals surface area contributed by atoms with E-state index in [2.05, 4.69) is 62.5 Å². The maximum atomic E-state index is 4.39. The van der Waals surface area contributed by atoms with Crippen LogP contribution in [0, 0.1) is 3.57 Å². The summed E-state index contributed by atoms with van der Waals surface area (Å²) in [6, 6.07) is 4.16. The van der Waals surface area contributed by atoms with Crippen LogP contribution in [-0.2, 0) is 6.54 Å². The van der Waals surface area contributed by atoms with Gasteiger partial charge in [-0.2, -0.15) is 5.10 Å². The molecule has 0 aliphatic heterocycles. The highest BCUT2D eigenvalue weighted by Crippen LogP contribution is 2.20. The fraction of sp³-hybridized carbons (Fsp3) is 0.167. The molecule has 0 fully saturated rings. The summed E-state index contributed by atoms with van der Waals surface area (Å²) in [5, 5.41) is 4.31.